The molecule has 0 unspecified atom stereocenters. The van der Waals surface area contributed by atoms with Crippen LogP contribution in [0.15, 0.2) is 52.4 Å². The first-order chi connectivity index (χ1) is 14.4. The third kappa shape index (κ3) is 2.88. The van der Waals surface area contributed by atoms with Crippen LogP contribution in [0.4, 0.5) is 10.1 Å². The molecule has 5 rings (SSSR count). The molecule has 0 spiro atoms. The average Bonchev–Trinajstić information content (AvgIpc) is 2.98. The molecule has 6 nitrogen and oxygen atoms in total. The van der Waals surface area contributed by atoms with Crippen molar-refractivity contribution in [2.45, 2.75) is 32.9 Å². The first-order valence-corrected chi connectivity index (χ1v) is 10.2. The van der Waals surface area contributed by atoms with Crippen molar-refractivity contribution in [2.75, 3.05) is 24.5 Å². The molecule has 0 N–H and O–H groups in total. The van der Waals surface area contributed by atoms with Gasteiger partial charge in [-0.05, 0) is 51.5 Å². The number of benzene rings is 1. The van der Waals surface area contributed by atoms with Crippen molar-refractivity contribution in [2.24, 2.45) is 4.99 Å². The van der Waals surface area contributed by atoms with E-state index in [0.717, 1.165) is 34.6 Å². The van der Waals surface area contributed by atoms with Crippen molar-refractivity contribution >= 4 is 22.3 Å². The van der Waals surface area contributed by atoms with Gasteiger partial charge >= 0.3 is 0 Å². The van der Waals surface area contributed by atoms with E-state index in [1.165, 1.54) is 4.68 Å². The molecule has 1 aromatic carbocycles. The second-order valence-corrected chi connectivity index (χ2v) is 8.38. The summed E-state index contributed by atoms with van der Waals surface area (Å²) in [4.78, 5) is 19.7. The van der Waals surface area contributed by atoms with Gasteiger partial charge in [0.25, 0.3) is 5.56 Å². The van der Waals surface area contributed by atoms with Gasteiger partial charge in [0, 0.05) is 34.7 Å². The standard InChI is InChI=1S/C23H24FN5O/c1-15-19-12-26-29(20-9-4-5-10-25-20)22(30)21(19)16(2)28(15)18-8-6-7-17(11-18)27-13-23(3,24)14-27/h4,6-9,11-12H,5,10,13-14H2,1-3H3. The van der Waals surface area contributed by atoms with Gasteiger partial charge in [0.1, 0.15) is 5.67 Å². The maximum absolute atomic E-state index is 14.0. The molecule has 3 aromatic rings. The number of rotatable bonds is 2. The average molecular weight is 405 g/mol. The Morgan fingerprint density at radius 3 is 2.60 bits per heavy atom. The third-order valence-electron chi connectivity index (χ3n) is 5.95. The van der Waals surface area contributed by atoms with Crippen molar-refractivity contribution in [3.05, 3.63) is 64.4 Å². The number of halogens is 1. The topological polar surface area (TPSA) is 55.4 Å². The highest BCUT2D eigenvalue weighted by molar-refractivity contribution is 5.97. The van der Waals surface area contributed by atoms with E-state index in [0.29, 0.717) is 30.9 Å². The molecule has 2 aliphatic rings. The molecular weight excluding hydrogens is 381 g/mol. The molecule has 0 amide bonds. The van der Waals surface area contributed by atoms with Crippen LogP contribution in [0, 0.1) is 13.8 Å². The summed E-state index contributed by atoms with van der Waals surface area (Å²) >= 11 is 0. The normalized spacial score (nSPS) is 17.9. The lowest BCUT2D eigenvalue weighted by Gasteiger charge is -2.44. The van der Waals surface area contributed by atoms with Gasteiger partial charge in [0.2, 0.25) is 0 Å². The lowest BCUT2D eigenvalue weighted by molar-refractivity contribution is 0.144. The van der Waals surface area contributed by atoms with Crippen LogP contribution in [-0.4, -0.2) is 45.5 Å². The first kappa shape index (κ1) is 18.8. The summed E-state index contributed by atoms with van der Waals surface area (Å²) in [7, 11) is 0. The van der Waals surface area contributed by atoms with Gasteiger partial charge < -0.3 is 9.47 Å². The summed E-state index contributed by atoms with van der Waals surface area (Å²) in [5.41, 5.74) is 2.46. The summed E-state index contributed by atoms with van der Waals surface area (Å²) < 4.78 is 17.4. The number of hydrogen-bond acceptors (Lipinski definition) is 4. The summed E-state index contributed by atoms with van der Waals surface area (Å²) in [5, 5.41) is 5.86. The molecule has 2 aliphatic heterocycles. The predicted molar refractivity (Wildman–Crippen MR) is 118 cm³/mol. The summed E-state index contributed by atoms with van der Waals surface area (Å²) in [6, 6.07) is 8.03. The van der Waals surface area contributed by atoms with Gasteiger partial charge in [-0.1, -0.05) is 12.1 Å². The van der Waals surface area contributed by atoms with Crippen molar-refractivity contribution < 1.29 is 4.39 Å². The van der Waals surface area contributed by atoms with Crippen molar-refractivity contribution in [3.8, 4) is 5.69 Å². The minimum atomic E-state index is -1.13. The number of aromatic nitrogens is 3. The van der Waals surface area contributed by atoms with E-state index in [2.05, 4.69) is 14.7 Å². The van der Waals surface area contributed by atoms with Gasteiger partial charge in [0.15, 0.2) is 5.84 Å². The van der Waals surface area contributed by atoms with Gasteiger partial charge in [0.05, 0.1) is 24.7 Å². The third-order valence-corrected chi connectivity index (χ3v) is 5.95. The minimum Gasteiger partial charge on any atom is -0.365 e. The van der Waals surface area contributed by atoms with Crippen molar-refractivity contribution in [1.29, 1.82) is 0 Å². The lowest BCUT2D eigenvalue weighted by Crippen LogP contribution is -2.57. The van der Waals surface area contributed by atoms with E-state index >= 15 is 0 Å². The molecule has 0 radical (unpaired) electrons. The number of fused-ring (bicyclic) bond motifs is 1. The zero-order chi connectivity index (χ0) is 21.0. The molecule has 154 valence electrons. The second kappa shape index (κ2) is 6.65. The van der Waals surface area contributed by atoms with Crippen LogP contribution in [0.2, 0.25) is 0 Å². The molecule has 4 heterocycles. The minimum absolute atomic E-state index is 0.163. The molecule has 1 saturated heterocycles. The van der Waals surface area contributed by atoms with E-state index in [9.17, 15) is 9.18 Å². The molecule has 0 atom stereocenters. The van der Waals surface area contributed by atoms with Crippen LogP contribution in [-0.2, 0) is 0 Å². The van der Waals surface area contributed by atoms with Gasteiger partial charge in [-0.3, -0.25) is 9.79 Å². The van der Waals surface area contributed by atoms with E-state index in [4.69, 9.17) is 0 Å². The number of anilines is 1. The quantitative estimate of drug-likeness (QED) is 0.655. The Bertz CT molecular complexity index is 1270. The largest absolute Gasteiger partial charge is 0.365 e. The first-order valence-electron chi connectivity index (χ1n) is 10.2. The van der Waals surface area contributed by atoms with Crippen LogP contribution < -0.4 is 10.5 Å². The molecule has 1 fully saturated rings. The molecule has 7 heteroatoms. The number of aryl methyl sites for hydroxylation is 2. The number of hydrogen-bond donors (Lipinski definition) is 0. The Morgan fingerprint density at radius 2 is 1.90 bits per heavy atom. The fourth-order valence-corrected chi connectivity index (χ4v) is 4.51. The summed E-state index contributed by atoms with van der Waals surface area (Å²) in [5.74, 6) is 0.576. The lowest BCUT2D eigenvalue weighted by atomic mass is 9.98. The fourth-order valence-electron chi connectivity index (χ4n) is 4.51. The molecule has 0 bridgehead atoms. The van der Waals surface area contributed by atoms with Crippen LogP contribution in [0.3, 0.4) is 0 Å². The smallest absolute Gasteiger partial charge is 0.282 e. The number of aliphatic imine (C=N–C) groups is 1. The highest BCUT2D eigenvalue weighted by Gasteiger charge is 2.38. The highest BCUT2D eigenvalue weighted by atomic mass is 19.1. The SMILES string of the molecule is Cc1c2cnn(C3=NCCC=C3)c(=O)c2c(C)n1-c1cccc(N2CC(C)(F)C2)c1. The van der Waals surface area contributed by atoms with Crippen LogP contribution in [0.1, 0.15) is 24.7 Å². The highest BCUT2D eigenvalue weighted by Crippen LogP contribution is 2.33. The van der Waals surface area contributed by atoms with E-state index in [1.807, 2.05) is 55.2 Å². The number of nitrogens with zero attached hydrogens (tertiary/aromatic N) is 5. The number of alkyl halides is 1. The molecule has 0 aliphatic carbocycles. The molecule has 0 saturated carbocycles. The molecule has 2 aromatic heterocycles. The zero-order valence-corrected chi connectivity index (χ0v) is 17.4. The van der Waals surface area contributed by atoms with E-state index in [-0.39, 0.29) is 5.56 Å². The number of allylic oxidation sites excluding steroid dienone is 1. The Morgan fingerprint density at radius 1 is 1.13 bits per heavy atom. The van der Waals surface area contributed by atoms with Crippen LogP contribution in [0.25, 0.3) is 16.5 Å². The Balaban J connectivity index is 1.63. The Labute approximate surface area is 174 Å². The van der Waals surface area contributed by atoms with Crippen molar-refractivity contribution in [3.63, 3.8) is 0 Å². The van der Waals surface area contributed by atoms with Crippen LogP contribution in [0.5, 0.6) is 0 Å². The summed E-state index contributed by atoms with van der Waals surface area (Å²) in [6.45, 7) is 7.03. The molecule has 30 heavy (non-hydrogen) atoms. The zero-order valence-electron chi connectivity index (χ0n) is 17.4. The van der Waals surface area contributed by atoms with Gasteiger partial charge in [-0.25, -0.2) is 4.39 Å². The van der Waals surface area contributed by atoms with E-state index < -0.39 is 5.67 Å². The maximum atomic E-state index is 14.0. The van der Waals surface area contributed by atoms with Crippen molar-refractivity contribution in [1.82, 2.24) is 14.3 Å². The number of dihydropyridines is 1. The fraction of sp³-hybridized carbons (Fsp3) is 0.348. The van der Waals surface area contributed by atoms with Gasteiger partial charge in [-0.15, -0.1) is 0 Å². The molecular formula is C23H24FN5O. The van der Waals surface area contributed by atoms with Gasteiger partial charge in [-0.2, -0.15) is 9.78 Å². The Hall–Kier alpha value is -3.22. The van der Waals surface area contributed by atoms with E-state index in [1.54, 1.807) is 13.1 Å². The summed E-state index contributed by atoms with van der Waals surface area (Å²) in [6.07, 6.45) is 6.48. The Kier molecular flexibility index (Phi) is 4.17. The second-order valence-electron chi connectivity index (χ2n) is 8.38. The predicted octanol–water partition coefficient (Wildman–Crippen LogP) is 3.56. The maximum Gasteiger partial charge on any atom is 0.282 e. The monoisotopic (exact) mass is 405 g/mol. The van der Waals surface area contributed by atoms with Crippen LogP contribution >= 0.6 is 0 Å².